The Morgan fingerprint density at radius 3 is 2.33 bits per heavy atom. The van der Waals surface area contributed by atoms with Crippen molar-refractivity contribution in [2.45, 2.75) is 79.1 Å². The molecule has 0 aliphatic rings. The normalized spacial score (nSPS) is 13.1. The summed E-state index contributed by atoms with van der Waals surface area (Å²) < 4.78 is 36.1. The van der Waals surface area contributed by atoms with Crippen molar-refractivity contribution in [1.29, 1.82) is 0 Å². The number of alkyl carbamates (subject to hydrolysis) is 1. The van der Waals surface area contributed by atoms with Crippen molar-refractivity contribution < 1.29 is 33.0 Å². The van der Waals surface area contributed by atoms with E-state index in [1.54, 1.807) is 27.0 Å². The van der Waals surface area contributed by atoms with Gasteiger partial charge in [0.15, 0.2) is 0 Å². The van der Waals surface area contributed by atoms with E-state index >= 15 is 0 Å². The van der Waals surface area contributed by atoms with Gasteiger partial charge < -0.3 is 29.9 Å². The van der Waals surface area contributed by atoms with Gasteiger partial charge in [0.2, 0.25) is 11.8 Å². The van der Waals surface area contributed by atoms with Gasteiger partial charge in [-0.3, -0.25) is 9.59 Å². The van der Waals surface area contributed by atoms with Gasteiger partial charge in [-0.1, -0.05) is 51.1 Å². The molecule has 2 atom stereocenters. The molecule has 0 saturated carbocycles. The standard InChI is InChI=1S/C34H45F2N5O5/c1-22(38-32(45)46-34(5,6)7)31(44)37-16-11-17-41(28(43)21-42)29(33(2,3)4)30-39-27(25-18-24(35)14-15-26(25)36)20-40(30)19-23-12-9-8-10-13-23/h8-10,12-15,18,20,22,29,42H,11,16-17,19,21H2,1-7H3,(H,37,44)(H,38,45)/t22-,29-/m0/s1. The van der Waals surface area contributed by atoms with Crippen LogP contribution in [0.5, 0.6) is 0 Å². The predicted octanol–water partition coefficient (Wildman–Crippen LogP) is 5.20. The van der Waals surface area contributed by atoms with Crippen LogP contribution >= 0.6 is 0 Å². The second-order valence-electron chi connectivity index (χ2n) is 13.2. The summed E-state index contributed by atoms with van der Waals surface area (Å²) in [6.07, 6.45) is 1.24. The summed E-state index contributed by atoms with van der Waals surface area (Å²) in [7, 11) is 0. The van der Waals surface area contributed by atoms with E-state index in [0.717, 1.165) is 23.8 Å². The van der Waals surface area contributed by atoms with Gasteiger partial charge in [-0.2, -0.15) is 0 Å². The number of rotatable bonds is 12. The maximum absolute atomic E-state index is 14.9. The van der Waals surface area contributed by atoms with E-state index in [1.807, 2.05) is 55.7 Å². The van der Waals surface area contributed by atoms with Crippen molar-refractivity contribution in [2.24, 2.45) is 5.41 Å². The highest BCUT2D eigenvalue weighted by Gasteiger charge is 2.38. The van der Waals surface area contributed by atoms with E-state index in [4.69, 9.17) is 9.72 Å². The average Bonchev–Trinajstić information content (AvgIpc) is 3.36. The number of imidazole rings is 1. The number of carbonyl (C=O) groups excluding carboxylic acids is 3. The maximum Gasteiger partial charge on any atom is 0.408 e. The van der Waals surface area contributed by atoms with E-state index in [0.29, 0.717) is 18.8 Å². The fourth-order valence-corrected chi connectivity index (χ4v) is 5.03. The Morgan fingerprint density at radius 1 is 1.04 bits per heavy atom. The highest BCUT2D eigenvalue weighted by atomic mass is 19.1. The van der Waals surface area contributed by atoms with Gasteiger partial charge in [0, 0.05) is 31.4 Å². The highest BCUT2D eigenvalue weighted by Crippen LogP contribution is 2.39. The topological polar surface area (TPSA) is 126 Å². The summed E-state index contributed by atoms with van der Waals surface area (Å²) in [4.78, 5) is 44.2. The third kappa shape index (κ3) is 10.1. The first-order chi connectivity index (χ1) is 21.5. The Kier molecular flexibility index (Phi) is 12.0. The lowest BCUT2D eigenvalue weighted by atomic mass is 9.84. The molecule has 250 valence electrons. The van der Waals surface area contributed by atoms with Crippen LogP contribution in [0.3, 0.4) is 0 Å². The number of ether oxygens (including phenoxy) is 1. The predicted molar refractivity (Wildman–Crippen MR) is 171 cm³/mol. The second-order valence-corrected chi connectivity index (χ2v) is 13.2. The molecule has 0 spiro atoms. The molecule has 3 N–H and O–H groups in total. The molecule has 3 aromatic rings. The molecule has 0 bridgehead atoms. The van der Waals surface area contributed by atoms with Gasteiger partial charge in [-0.25, -0.2) is 18.6 Å². The minimum absolute atomic E-state index is 0.0161. The summed E-state index contributed by atoms with van der Waals surface area (Å²) >= 11 is 0. The molecular weight excluding hydrogens is 596 g/mol. The molecule has 3 rings (SSSR count). The molecule has 1 heterocycles. The quantitative estimate of drug-likeness (QED) is 0.234. The fraction of sp³-hybridized carbons (Fsp3) is 0.471. The zero-order valence-electron chi connectivity index (χ0n) is 27.6. The van der Waals surface area contributed by atoms with Crippen molar-refractivity contribution in [2.75, 3.05) is 19.7 Å². The molecular formula is C34H45F2N5O5. The van der Waals surface area contributed by atoms with E-state index < -0.39 is 59.2 Å². The lowest BCUT2D eigenvalue weighted by Crippen LogP contribution is -2.47. The molecule has 0 aliphatic heterocycles. The fourth-order valence-electron chi connectivity index (χ4n) is 5.03. The van der Waals surface area contributed by atoms with E-state index in [1.165, 1.54) is 11.8 Å². The summed E-state index contributed by atoms with van der Waals surface area (Å²) in [5, 5.41) is 15.2. The summed E-state index contributed by atoms with van der Waals surface area (Å²) in [6, 6.07) is 11.1. The van der Waals surface area contributed by atoms with Gasteiger partial charge >= 0.3 is 6.09 Å². The highest BCUT2D eigenvalue weighted by molar-refractivity contribution is 5.85. The maximum atomic E-state index is 14.9. The number of aliphatic hydroxyl groups is 1. The summed E-state index contributed by atoms with van der Waals surface area (Å²) in [6.45, 7) is 12.3. The molecule has 0 radical (unpaired) electrons. The number of aromatic nitrogens is 2. The average molecular weight is 642 g/mol. The largest absolute Gasteiger partial charge is 0.444 e. The zero-order valence-corrected chi connectivity index (χ0v) is 27.6. The van der Waals surface area contributed by atoms with Crippen LogP contribution in [0.1, 0.15) is 72.3 Å². The van der Waals surface area contributed by atoms with Crippen LogP contribution < -0.4 is 10.6 Å². The SMILES string of the molecule is C[C@H](NC(=O)OC(C)(C)C)C(=O)NCCCN(C(=O)CO)[C@@H](c1nc(-c2cc(F)ccc2F)cn1Cc1ccccc1)C(C)(C)C. The number of amides is 3. The number of halogens is 2. The Balaban J connectivity index is 1.90. The first-order valence-corrected chi connectivity index (χ1v) is 15.2. The molecule has 2 aromatic carbocycles. The number of carbonyl (C=O) groups is 3. The number of hydrogen-bond acceptors (Lipinski definition) is 6. The van der Waals surface area contributed by atoms with E-state index in [-0.39, 0.29) is 24.3 Å². The summed E-state index contributed by atoms with van der Waals surface area (Å²) in [5.74, 6) is -1.81. The van der Waals surface area contributed by atoms with Crippen molar-refractivity contribution in [3.05, 3.63) is 77.8 Å². The van der Waals surface area contributed by atoms with Crippen LogP contribution in [-0.2, 0) is 20.9 Å². The number of hydrogen-bond donors (Lipinski definition) is 3. The van der Waals surface area contributed by atoms with Crippen LogP contribution in [-0.4, -0.2) is 68.8 Å². The molecule has 12 heteroatoms. The number of nitrogens with zero attached hydrogens (tertiary/aromatic N) is 3. The molecule has 46 heavy (non-hydrogen) atoms. The van der Waals surface area contributed by atoms with Crippen molar-refractivity contribution in [1.82, 2.24) is 25.1 Å². The Labute approximate surface area is 269 Å². The molecule has 0 unspecified atom stereocenters. The minimum atomic E-state index is -0.862. The minimum Gasteiger partial charge on any atom is -0.444 e. The van der Waals surface area contributed by atoms with E-state index in [9.17, 15) is 28.3 Å². The van der Waals surface area contributed by atoms with Crippen LogP contribution in [0.2, 0.25) is 0 Å². The van der Waals surface area contributed by atoms with Gasteiger partial charge in [0.1, 0.15) is 35.7 Å². The van der Waals surface area contributed by atoms with E-state index in [2.05, 4.69) is 10.6 Å². The Morgan fingerprint density at radius 2 is 1.72 bits per heavy atom. The van der Waals surface area contributed by atoms with Crippen LogP contribution in [0.4, 0.5) is 13.6 Å². The number of nitrogens with one attached hydrogen (secondary N) is 2. The molecule has 0 aliphatic carbocycles. The van der Waals surface area contributed by atoms with Gasteiger partial charge in [-0.15, -0.1) is 0 Å². The van der Waals surface area contributed by atoms with Crippen LogP contribution in [0, 0.1) is 17.0 Å². The van der Waals surface area contributed by atoms with Gasteiger partial charge in [0.05, 0.1) is 11.7 Å². The molecule has 10 nitrogen and oxygen atoms in total. The molecule has 0 saturated heterocycles. The monoisotopic (exact) mass is 641 g/mol. The third-order valence-electron chi connectivity index (χ3n) is 7.04. The lowest BCUT2D eigenvalue weighted by molar-refractivity contribution is -0.139. The van der Waals surface area contributed by atoms with Gasteiger partial charge in [0.25, 0.3) is 0 Å². The van der Waals surface area contributed by atoms with Crippen molar-refractivity contribution in [3.8, 4) is 11.3 Å². The molecule has 1 aromatic heterocycles. The second kappa shape index (κ2) is 15.3. The summed E-state index contributed by atoms with van der Waals surface area (Å²) in [5.41, 5.74) is -0.228. The molecule has 3 amide bonds. The van der Waals surface area contributed by atoms with Crippen LogP contribution in [0.25, 0.3) is 11.3 Å². The van der Waals surface area contributed by atoms with Gasteiger partial charge in [-0.05, 0) is 63.3 Å². The first-order valence-electron chi connectivity index (χ1n) is 15.2. The Hall–Kier alpha value is -4.32. The molecule has 0 fully saturated rings. The first kappa shape index (κ1) is 36.2. The number of aliphatic hydroxyl groups excluding tert-OH is 1. The number of benzene rings is 2. The zero-order chi connectivity index (χ0) is 34.2. The lowest BCUT2D eigenvalue weighted by Gasteiger charge is -2.40. The Bertz CT molecular complexity index is 1500. The smallest absolute Gasteiger partial charge is 0.408 e. The van der Waals surface area contributed by atoms with Crippen molar-refractivity contribution >= 4 is 17.9 Å². The third-order valence-corrected chi connectivity index (χ3v) is 7.04. The van der Waals surface area contributed by atoms with Crippen LogP contribution in [0.15, 0.2) is 54.7 Å². The van der Waals surface area contributed by atoms with Crippen molar-refractivity contribution in [3.63, 3.8) is 0 Å².